The van der Waals surface area contributed by atoms with E-state index in [0.29, 0.717) is 11.6 Å². The highest BCUT2D eigenvalue weighted by atomic mass is 16.1. The maximum Gasteiger partial charge on any atom is 0.166 e. The van der Waals surface area contributed by atoms with Crippen molar-refractivity contribution in [2.75, 3.05) is 0 Å². The first-order chi connectivity index (χ1) is 8.36. The SMILES string of the molecule is O=Cc1cc2c([nH]1)CCC2Cc1ccccc1. The summed E-state index contributed by atoms with van der Waals surface area (Å²) in [7, 11) is 0. The standard InChI is InChI=1S/C15H15NO/c17-10-13-9-14-12(6-7-15(14)16-13)8-11-4-2-1-3-5-11/h1-5,9-10,12,16H,6-8H2. The first kappa shape index (κ1) is 10.3. The lowest BCUT2D eigenvalue weighted by Gasteiger charge is -2.09. The van der Waals surface area contributed by atoms with Gasteiger partial charge in [-0.05, 0) is 42.4 Å². The second kappa shape index (κ2) is 4.21. The molecule has 1 N–H and O–H groups in total. The van der Waals surface area contributed by atoms with Crippen molar-refractivity contribution in [1.29, 1.82) is 0 Å². The molecule has 0 spiro atoms. The number of carbonyl (C=O) groups is 1. The van der Waals surface area contributed by atoms with E-state index < -0.39 is 0 Å². The van der Waals surface area contributed by atoms with E-state index in [1.165, 1.54) is 23.2 Å². The molecule has 1 atom stereocenters. The molecule has 0 amide bonds. The molecular formula is C15H15NO. The van der Waals surface area contributed by atoms with Crippen LogP contribution in [0.1, 0.15) is 39.6 Å². The van der Waals surface area contributed by atoms with E-state index in [4.69, 9.17) is 0 Å². The predicted octanol–water partition coefficient (Wildman–Crippen LogP) is 3.10. The normalized spacial score (nSPS) is 18.0. The number of carbonyl (C=O) groups excluding carboxylic acids is 1. The number of aromatic amines is 1. The fourth-order valence-corrected chi connectivity index (χ4v) is 2.76. The summed E-state index contributed by atoms with van der Waals surface area (Å²) in [4.78, 5) is 13.9. The number of fused-ring (bicyclic) bond motifs is 1. The predicted molar refractivity (Wildman–Crippen MR) is 67.4 cm³/mol. The molecule has 2 aromatic rings. The molecule has 0 aliphatic heterocycles. The highest BCUT2D eigenvalue weighted by molar-refractivity contribution is 5.73. The summed E-state index contributed by atoms with van der Waals surface area (Å²) in [6, 6.07) is 12.6. The summed E-state index contributed by atoms with van der Waals surface area (Å²) >= 11 is 0. The summed E-state index contributed by atoms with van der Waals surface area (Å²) in [6.45, 7) is 0. The minimum atomic E-state index is 0.567. The molecule has 0 bridgehead atoms. The molecule has 0 saturated carbocycles. The molecule has 1 heterocycles. The van der Waals surface area contributed by atoms with Crippen LogP contribution in [0.25, 0.3) is 0 Å². The van der Waals surface area contributed by atoms with Crippen molar-refractivity contribution in [3.8, 4) is 0 Å². The zero-order chi connectivity index (χ0) is 11.7. The molecule has 2 heteroatoms. The molecule has 1 aliphatic rings. The van der Waals surface area contributed by atoms with E-state index in [-0.39, 0.29) is 0 Å². The molecule has 1 aromatic carbocycles. The van der Waals surface area contributed by atoms with Crippen molar-refractivity contribution in [3.63, 3.8) is 0 Å². The Morgan fingerprint density at radius 1 is 1.29 bits per heavy atom. The van der Waals surface area contributed by atoms with Gasteiger partial charge in [-0.2, -0.15) is 0 Å². The van der Waals surface area contributed by atoms with Crippen LogP contribution in [0.15, 0.2) is 36.4 Å². The zero-order valence-electron chi connectivity index (χ0n) is 9.65. The number of hydrogen-bond acceptors (Lipinski definition) is 1. The maximum absolute atomic E-state index is 10.7. The highest BCUT2D eigenvalue weighted by Crippen LogP contribution is 2.35. The Balaban J connectivity index is 1.83. The maximum atomic E-state index is 10.7. The third-order valence-corrected chi connectivity index (χ3v) is 3.59. The van der Waals surface area contributed by atoms with Crippen molar-refractivity contribution < 1.29 is 4.79 Å². The first-order valence-electron chi connectivity index (χ1n) is 6.07. The molecule has 1 aliphatic carbocycles. The molecular weight excluding hydrogens is 210 g/mol. The van der Waals surface area contributed by atoms with Gasteiger partial charge in [0.25, 0.3) is 0 Å². The molecule has 3 rings (SSSR count). The summed E-state index contributed by atoms with van der Waals surface area (Å²) in [5, 5.41) is 0. The molecule has 0 radical (unpaired) electrons. The van der Waals surface area contributed by atoms with Crippen LogP contribution in [-0.4, -0.2) is 11.3 Å². The minimum Gasteiger partial charge on any atom is -0.356 e. The number of hydrogen-bond donors (Lipinski definition) is 1. The summed E-state index contributed by atoms with van der Waals surface area (Å²) in [5.41, 5.74) is 4.69. The van der Waals surface area contributed by atoms with Gasteiger partial charge in [0, 0.05) is 5.69 Å². The second-order valence-electron chi connectivity index (χ2n) is 4.70. The van der Waals surface area contributed by atoms with Gasteiger partial charge in [0.2, 0.25) is 0 Å². The van der Waals surface area contributed by atoms with Gasteiger partial charge in [0.1, 0.15) is 0 Å². The Kier molecular flexibility index (Phi) is 2.56. The topological polar surface area (TPSA) is 32.9 Å². The van der Waals surface area contributed by atoms with E-state index in [0.717, 1.165) is 19.1 Å². The smallest absolute Gasteiger partial charge is 0.166 e. The van der Waals surface area contributed by atoms with Gasteiger partial charge in [-0.25, -0.2) is 0 Å². The quantitative estimate of drug-likeness (QED) is 0.800. The number of aromatic nitrogens is 1. The number of H-pyrrole nitrogens is 1. The number of benzene rings is 1. The largest absolute Gasteiger partial charge is 0.356 e. The van der Waals surface area contributed by atoms with Gasteiger partial charge in [-0.1, -0.05) is 30.3 Å². The lowest BCUT2D eigenvalue weighted by molar-refractivity contribution is 0.111. The van der Waals surface area contributed by atoms with E-state index in [1.54, 1.807) is 0 Å². The fourth-order valence-electron chi connectivity index (χ4n) is 2.76. The average molecular weight is 225 g/mol. The molecule has 1 aromatic heterocycles. The highest BCUT2D eigenvalue weighted by Gasteiger charge is 2.24. The van der Waals surface area contributed by atoms with Gasteiger partial charge >= 0.3 is 0 Å². The van der Waals surface area contributed by atoms with E-state index in [2.05, 4.69) is 29.2 Å². The number of aryl methyl sites for hydroxylation is 1. The third-order valence-electron chi connectivity index (χ3n) is 3.59. The third kappa shape index (κ3) is 1.91. The summed E-state index contributed by atoms with van der Waals surface area (Å²) in [5.74, 6) is 0.567. The van der Waals surface area contributed by atoms with Gasteiger partial charge in [0.15, 0.2) is 6.29 Å². The van der Waals surface area contributed by atoms with Gasteiger partial charge in [-0.15, -0.1) is 0 Å². The Hall–Kier alpha value is -1.83. The van der Waals surface area contributed by atoms with E-state index in [1.807, 2.05) is 12.1 Å². The van der Waals surface area contributed by atoms with Crippen LogP contribution in [0.4, 0.5) is 0 Å². The van der Waals surface area contributed by atoms with Crippen molar-refractivity contribution in [3.05, 3.63) is 58.9 Å². The van der Waals surface area contributed by atoms with Crippen LogP contribution >= 0.6 is 0 Å². The Bertz CT molecular complexity index is 527. The van der Waals surface area contributed by atoms with Gasteiger partial charge in [0.05, 0.1) is 5.69 Å². The van der Waals surface area contributed by atoms with Crippen LogP contribution in [0.3, 0.4) is 0 Å². The molecule has 1 unspecified atom stereocenters. The Morgan fingerprint density at radius 2 is 2.12 bits per heavy atom. The Morgan fingerprint density at radius 3 is 2.88 bits per heavy atom. The van der Waals surface area contributed by atoms with Crippen LogP contribution in [0, 0.1) is 0 Å². The van der Waals surface area contributed by atoms with Crippen molar-refractivity contribution in [1.82, 2.24) is 4.98 Å². The first-order valence-corrected chi connectivity index (χ1v) is 6.07. The average Bonchev–Trinajstić information content (AvgIpc) is 2.92. The number of rotatable bonds is 3. The lowest BCUT2D eigenvalue weighted by atomic mass is 9.95. The van der Waals surface area contributed by atoms with Crippen molar-refractivity contribution >= 4 is 6.29 Å². The summed E-state index contributed by atoms with van der Waals surface area (Å²) < 4.78 is 0. The minimum absolute atomic E-state index is 0.567. The molecule has 2 nitrogen and oxygen atoms in total. The molecule has 0 fully saturated rings. The van der Waals surface area contributed by atoms with Crippen molar-refractivity contribution in [2.24, 2.45) is 0 Å². The van der Waals surface area contributed by atoms with Gasteiger partial charge < -0.3 is 4.98 Å². The molecule has 17 heavy (non-hydrogen) atoms. The van der Waals surface area contributed by atoms with Crippen molar-refractivity contribution in [2.45, 2.75) is 25.2 Å². The van der Waals surface area contributed by atoms with Crippen LogP contribution < -0.4 is 0 Å². The van der Waals surface area contributed by atoms with Gasteiger partial charge in [-0.3, -0.25) is 4.79 Å². The van der Waals surface area contributed by atoms with Crippen LogP contribution in [-0.2, 0) is 12.8 Å². The van der Waals surface area contributed by atoms with E-state index in [9.17, 15) is 4.79 Å². The zero-order valence-corrected chi connectivity index (χ0v) is 9.65. The monoisotopic (exact) mass is 225 g/mol. The molecule has 86 valence electrons. The summed E-state index contributed by atoms with van der Waals surface area (Å²) in [6.07, 6.45) is 4.23. The Labute approximate surface area is 101 Å². The number of nitrogens with one attached hydrogen (secondary N) is 1. The number of aldehydes is 1. The van der Waals surface area contributed by atoms with Crippen LogP contribution in [0.5, 0.6) is 0 Å². The lowest BCUT2D eigenvalue weighted by Crippen LogP contribution is -1.97. The second-order valence-corrected chi connectivity index (χ2v) is 4.70. The van der Waals surface area contributed by atoms with E-state index >= 15 is 0 Å². The fraction of sp³-hybridized carbons (Fsp3) is 0.267. The van der Waals surface area contributed by atoms with Crippen LogP contribution in [0.2, 0.25) is 0 Å². The molecule has 0 saturated heterocycles.